The van der Waals surface area contributed by atoms with E-state index in [9.17, 15) is 9.59 Å². The number of amides is 1. The maximum absolute atomic E-state index is 12.8. The summed E-state index contributed by atoms with van der Waals surface area (Å²) in [6.07, 6.45) is 1.00. The highest BCUT2D eigenvalue weighted by Gasteiger charge is 2.21. The molecule has 0 spiro atoms. The van der Waals surface area contributed by atoms with Gasteiger partial charge in [-0.05, 0) is 30.2 Å². The third-order valence-corrected chi connectivity index (χ3v) is 4.17. The SMILES string of the molecule is COC(=O)CCCC(=O)N1Cc2ccccc2C#Cc2ccccc21. The van der Waals surface area contributed by atoms with Crippen molar-refractivity contribution in [3.05, 3.63) is 65.2 Å². The van der Waals surface area contributed by atoms with Crippen molar-refractivity contribution < 1.29 is 14.3 Å². The molecule has 0 unspecified atom stereocenters. The minimum atomic E-state index is -0.294. The number of nitrogens with zero attached hydrogens (tertiary/aromatic N) is 1. The van der Waals surface area contributed by atoms with Crippen molar-refractivity contribution in [1.29, 1.82) is 0 Å². The molecule has 1 aliphatic rings. The van der Waals surface area contributed by atoms with Gasteiger partial charge in [0.25, 0.3) is 0 Å². The molecule has 2 aromatic rings. The Labute approximate surface area is 147 Å². The molecule has 4 nitrogen and oxygen atoms in total. The maximum atomic E-state index is 12.8. The first-order chi connectivity index (χ1) is 12.2. The molecule has 2 aromatic carbocycles. The predicted molar refractivity (Wildman–Crippen MR) is 95.9 cm³/mol. The van der Waals surface area contributed by atoms with Crippen molar-refractivity contribution in [2.45, 2.75) is 25.8 Å². The highest BCUT2D eigenvalue weighted by Crippen LogP contribution is 2.26. The van der Waals surface area contributed by atoms with Crippen LogP contribution in [0.15, 0.2) is 48.5 Å². The number of fused-ring (bicyclic) bond motifs is 2. The Balaban J connectivity index is 1.89. The number of rotatable bonds is 4. The first kappa shape index (κ1) is 16.8. The van der Waals surface area contributed by atoms with Crippen LogP contribution in [0.1, 0.15) is 36.0 Å². The number of esters is 1. The van der Waals surface area contributed by atoms with Crippen molar-refractivity contribution in [3.8, 4) is 11.8 Å². The van der Waals surface area contributed by atoms with Gasteiger partial charge in [-0.15, -0.1) is 0 Å². The lowest BCUT2D eigenvalue weighted by atomic mass is 10.0. The molecule has 0 aliphatic carbocycles. The molecule has 1 amide bonds. The van der Waals surface area contributed by atoms with Gasteiger partial charge in [-0.1, -0.05) is 42.2 Å². The minimum Gasteiger partial charge on any atom is -0.469 e. The van der Waals surface area contributed by atoms with Gasteiger partial charge in [-0.3, -0.25) is 9.59 Å². The van der Waals surface area contributed by atoms with Crippen LogP contribution >= 0.6 is 0 Å². The smallest absolute Gasteiger partial charge is 0.305 e. The summed E-state index contributed by atoms with van der Waals surface area (Å²) in [5.74, 6) is 6.06. The van der Waals surface area contributed by atoms with Crippen LogP contribution in [-0.2, 0) is 20.9 Å². The van der Waals surface area contributed by atoms with E-state index in [1.807, 2.05) is 48.5 Å². The molecule has 1 heterocycles. The van der Waals surface area contributed by atoms with Crippen LogP contribution in [0, 0.1) is 11.8 Å². The predicted octanol–water partition coefficient (Wildman–Crippen LogP) is 3.28. The molecule has 0 aromatic heterocycles. The van der Waals surface area contributed by atoms with Crippen LogP contribution in [-0.4, -0.2) is 19.0 Å². The summed E-state index contributed by atoms with van der Waals surface area (Å²) >= 11 is 0. The monoisotopic (exact) mass is 333 g/mol. The molecule has 126 valence electrons. The molecular weight excluding hydrogens is 314 g/mol. The average Bonchev–Trinajstić information content (AvgIpc) is 2.63. The van der Waals surface area contributed by atoms with E-state index in [-0.39, 0.29) is 18.3 Å². The number of methoxy groups -OCH3 is 1. The first-order valence-corrected chi connectivity index (χ1v) is 8.25. The highest BCUT2D eigenvalue weighted by atomic mass is 16.5. The molecule has 0 fully saturated rings. The number of anilines is 1. The van der Waals surface area contributed by atoms with Gasteiger partial charge in [0.15, 0.2) is 0 Å². The normalized spacial score (nSPS) is 12.0. The van der Waals surface area contributed by atoms with Gasteiger partial charge in [-0.2, -0.15) is 0 Å². The molecule has 0 radical (unpaired) electrons. The molecule has 0 N–H and O–H groups in total. The fraction of sp³-hybridized carbons (Fsp3) is 0.238. The Hall–Kier alpha value is -3.06. The van der Waals surface area contributed by atoms with Crippen LogP contribution in [0.2, 0.25) is 0 Å². The van der Waals surface area contributed by atoms with E-state index in [1.165, 1.54) is 7.11 Å². The highest BCUT2D eigenvalue weighted by molar-refractivity contribution is 5.95. The zero-order chi connectivity index (χ0) is 17.6. The summed E-state index contributed by atoms with van der Waals surface area (Å²) in [6, 6.07) is 15.5. The summed E-state index contributed by atoms with van der Waals surface area (Å²) in [7, 11) is 1.36. The standard InChI is InChI=1S/C21H19NO3/c1-25-21(24)12-6-11-20(23)22-15-18-9-3-2-7-16(18)13-14-17-8-4-5-10-19(17)22/h2-5,7-10H,6,11-12,15H2,1H3. The number of hydrogen-bond acceptors (Lipinski definition) is 3. The Morgan fingerprint density at radius 2 is 1.68 bits per heavy atom. The van der Waals surface area contributed by atoms with E-state index in [0.717, 1.165) is 22.4 Å². The zero-order valence-corrected chi connectivity index (χ0v) is 14.1. The van der Waals surface area contributed by atoms with Crippen LogP contribution in [0.5, 0.6) is 0 Å². The van der Waals surface area contributed by atoms with Gasteiger partial charge in [-0.25, -0.2) is 0 Å². The molecular formula is C21H19NO3. The third-order valence-electron chi connectivity index (χ3n) is 4.17. The van der Waals surface area contributed by atoms with Crippen LogP contribution in [0.25, 0.3) is 0 Å². The lowest BCUT2D eigenvalue weighted by molar-refractivity contribution is -0.140. The number of para-hydroxylation sites is 1. The second kappa shape index (κ2) is 7.67. The fourth-order valence-corrected chi connectivity index (χ4v) is 2.83. The zero-order valence-electron chi connectivity index (χ0n) is 14.1. The van der Waals surface area contributed by atoms with Crippen LogP contribution in [0.4, 0.5) is 5.69 Å². The Bertz CT molecular complexity index is 861. The van der Waals surface area contributed by atoms with Crippen LogP contribution in [0.3, 0.4) is 0 Å². The molecule has 4 heteroatoms. The molecule has 3 rings (SSSR count). The second-order valence-electron chi connectivity index (χ2n) is 5.83. The summed E-state index contributed by atoms with van der Waals surface area (Å²) in [4.78, 5) is 25.9. The van der Waals surface area contributed by atoms with Gasteiger partial charge in [0.2, 0.25) is 5.91 Å². The minimum absolute atomic E-state index is 0.0187. The van der Waals surface area contributed by atoms with Crippen molar-refractivity contribution in [2.75, 3.05) is 12.0 Å². The molecule has 25 heavy (non-hydrogen) atoms. The van der Waals surface area contributed by atoms with Gasteiger partial charge in [0.1, 0.15) is 0 Å². The van der Waals surface area contributed by atoms with Crippen molar-refractivity contribution in [2.24, 2.45) is 0 Å². The van der Waals surface area contributed by atoms with E-state index in [2.05, 4.69) is 16.6 Å². The summed E-state index contributed by atoms with van der Waals surface area (Å²) in [5, 5.41) is 0. The molecule has 0 saturated heterocycles. The molecule has 0 bridgehead atoms. The van der Waals surface area contributed by atoms with Crippen molar-refractivity contribution in [1.82, 2.24) is 0 Å². The average molecular weight is 333 g/mol. The molecule has 0 atom stereocenters. The first-order valence-electron chi connectivity index (χ1n) is 8.25. The second-order valence-corrected chi connectivity index (χ2v) is 5.83. The van der Waals surface area contributed by atoms with E-state index in [4.69, 9.17) is 0 Å². The fourth-order valence-electron chi connectivity index (χ4n) is 2.83. The summed E-state index contributed by atoms with van der Waals surface area (Å²) < 4.78 is 4.63. The largest absolute Gasteiger partial charge is 0.469 e. The summed E-state index contributed by atoms with van der Waals surface area (Å²) in [5.41, 5.74) is 3.60. The number of benzene rings is 2. The molecule has 1 aliphatic heterocycles. The van der Waals surface area contributed by atoms with Gasteiger partial charge in [0, 0.05) is 24.0 Å². The number of ether oxygens (including phenoxy) is 1. The third kappa shape index (κ3) is 3.89. The maximum Gasteiger partial charge on any atom is 0.305 e. The quantitative estimate of drug-likeness (QED) is 0.637. The number of carbonyl (C=O) groups excluding carboxylic acids is 2. The Kier molecular flexibility index (Phi) is 5.15. The molecule has 0 saturated carbocycles. The van der Waals surface area contributed by atoms with E-state index >= 15 is 0 Å². The van der Waals surface area contributed by atoms with E-state index in [0.29, 0.717) is 19.4 Å². The van der Waals surface area contributed by atoms with E-state index < -0.39 is 0 Å². The van der Waals surface area contributed by atoms with E-state index in [1.54, 1.807) is 4.90 Å². The summed E-state index contributed by atoms with van der Waals surface area (Å²) in [6.45, 7) is 0.471. The van der Waals surface area contributed by atoms with Crippen LogP contribution < -0.4 is 4.90 Å². The van der Waals surface area contributed by atoms with Crippen molar-refractivity contribution >= 4 is 17.6 Å². The number of carbonyl (C=O) groups is 2. The van der Waals surface area contributed by atoms with Gasteiger partial charge in [0.05, 0.1) is 19.3 Å². The Morgan fingerprint density at radius 1 is 1.00 bits per heavy atom. The lowest BCUT2D eigenvalue weighted by Gasteiger charge is -2.26. The lowest BCUT2D eigenvalue weighted by Crippen LogP contribution is -2.31. The Morgan fingerprint density at radius 3 is 2.48 bits per heavy atom. The van der Waals surface area contributed by atoms with Crippen molar-refractivity contribution in [3.63, 3.8) is 0 Å². The number of hydrogen-bond donors (Lipinski definition) is 0. The topological polar surface area (TPSA) is 46.6 Å². The van der Waals surface area contributed by atoms with Gasteiger partial charge < -0.3 is 9.64 Å². The van der Waals surface area contributed by atoms with Gasteiger partial charge >= 0.3 is 5.97 Å².